The van der Waals surface area contributed by atoms with Gasteiger partial charge in [0.15, 0.2) is 11.5 Å². The smallest absolute Gasteiger partial charge is 0.255 e. The first kappa shape index (κ1) is 23.4. The van der Waals surface area contributed by atoms with Crippen LogP contribution in [-0.2, 0) is 10.0 Å². The molecule has 1 saturated heterocycles. The number of sulfonamides is 1. The number of thioether (sulfide) groups is 1. The summed E-state index contributed by atoms with van der Waals surface area (Å²) in [5, 5.41) is 0. The molecule has 9 heteroatoms. The van der Waals surface area contributed by atoms with E-state index in [4.69, 9.17) is 9.47 Å². The number of amides is 1. The van der Waals surface area contributed by atoms with Crippen molar-refractivity contribution in [1.29, 1.82) is 0 Å². The molecule has 0 aromatic heterocycles. The van der Waals surface area contributed by atoms with Crippen LogP contribution in [0.1, 0.15) is 29.6 Å². The first-order chi connectivity index (χ1) is 15.0. The zero-order valence-electron chi connectivity index (χ0n) is 17.8. The van der Waals surface area contributed by atoms with Crippen molar-refractivity contribution in [3.05, 3.63) is 48.0 Å². The highest BCUT2D eigenvalue weighted by molar-refractivity contribution is 7.98. The van der Waals surface area contributed by atoms with Gasteiger partial charge in [-0.05, 0) is 55.9 Å². The monoisotopic (exact) mass is 464 g/mol. The van der Waals surface area contributed by atoms with Gasteiger partial charge in [-0.2, -0.15) is 0 Å². The number of methoxy groups -OCH3 is 1. The van der Waals surface area contributed by atoms with Gasteiger partial charge in [0.2, 0.25) is 10.0 Å². The van der Waals surface area contributed by atoms with Gasteiger partial charge in [0, 0.05) is 24.5 Å². The van der Waals surface area contributed by atoms with Crippen molar-refractivity contribution in [2.45, 2.75) is 29.1 Å². The van der Waals surface area contributed by atoms with Crippen LogP contribution < -0.4 is 14.2 Å². The number of rotatable bonds is 9. The molecule has 1 fully saturated rings. The average molecular weight is 465 g/mol. The predicted molar refractivity (Wildman–Crippen MR) is 122 cm³/mol. The van der Waals surface area contributed by atoms with E-state index in [0.29, 0.717) is 30.2 Å². The van der Waals surface area contributed by atoms with E-state index in [9.17, 15) is 13.2 Å². The third kappa shape index (κ3) is 5.93. The molecule has 1 aliphatic rings. The molecule has 1 amide bonds. The molecule has 0 atom stereocenters. The van der Waals surface area contributed by atoms with E-state index in [1.54, 1.807) is 25.3 Å². The number of likely N-dealkylation sites (tertiary alicyclic amines) is 1. The van der Waals surface area contributed by atoms with Gasteiger partial charge >= 0.3 is 0 Å². The van der Waals surface area contributed by atoms with Gasteiger partial charge in [-0.25, -0.2) is 13.1 Å². The second kappa shape index (κ2) is 10.9. The fraction of sp³-hybridized carbons (Fsp3) is 0.409. The topological polar surface area (TPSA) is 84.9 Å². The molecule has 31 heavy (non-hydrogen) atoms. The second-order valence-electron chi connectivity index (χ2n) is 7.11. The molecule has 1 aliphatic heterocycles. The Balaban J connectivity index is 1.68. The summed E-state index contributed by atoms with van der Waals surface area (Å²) in [6.07, 6.45) is 4.95. The van der Waals surface area contributed by atoms with Gasteiger partial charge in [0.1, 0.15) is 6.61 Å². The lowest BCUT2D eigenvalue weighted by Crippen LogP contribution is -2.36. The molecule has 2 aromatic carbocycles. The van der Waals surface area contributed by atoms with Crippen LogP contribution in [0, 0.1) is 0 Å². The highest BCUT2D eigenvalue weighted by Crippen LogP contribution is 2.27. The maximum Gasteiger partial charge on any atom is 0.255 e. The minimum Gasteiger partial charge on any atom is -0.493 e. The van der Waals surface area contributed by atoms with Crippen molar-refractivity contribution in [1.82, 2.24) is 9.62 Å². The van der Waals surface area contributed by atoms with Crippen molar-refractivity contribution in [3.63, 3.8) is 0 Å². The second-order valence-corrected chi connectivity index (χ2v) is 9.73. The van der Waals surface area contributed by atoms with E-state index in [0.717, 1.165) is 24.2 Å². The van der Waals surface area contributed by atoms with E-state index in [1.807, 2.05) is 23.3 Å². The summed E-state index contributed by atoms with van der Waals surface area (Å²) in [5.74, 6) is 1.02. The molecule has 168 valence electrons. The highest BCUT2D eigenvalue weighted by Gasteiger charge is 2.23. The van der Waals surface area contributed by atoms with Gasteiger partial charge in [0.25, 0.3) is 5.91 Å². The molecule has 0 saturated carbocycles. The van der Waals surface area contributed by atoms with Crippen LogP contribution in [0.3, 0.4) is 0 Å². The number of carbonyl (C=O) groups excluding carboxylic acids is 1. The Bertz CT molecular complexity index is 1000. The first-order valence-corrected chi connectivity index (χ1v) is 12.9. The Labute approximate surface area is 188 Å². The predicted octanol–water partition coefficient (Wildman–Crippen LogP) is 3.40. The molecule has 0 spiro atoms. The Kier molecular flexibility index (Phi) is 8.22. The largest absolute Gasteiger partial charge is 0.493 e. The Hall–Kier alpha value is -2.23. The maximum absolute atomic E-state index is 13.0. The third-order valence-electron chi connectivity index (χ3n) is 5.08. The highest BCUT2D eigenvalue weighted by atomic mass is 32.2. The van der Waals surface area contributed by atoms with Gasteiger partial charge in [-0.15, -0.1) is 11.8 Å². The molecular weight excluding hydrogens is 436 g/mol. The summed E-state index contributed by atoms with van der Waals surface area (Å²) in [5.41, 5.74) is 0.433. The lowest BCUT2D eigenvalue weighted by molar-refractivity contribution is 0.0720. The van der Waals surface area contributed by atoms with E-state index in [-0.39, 0.29) is 24.0 Å². The molecular formula is C22H28N2O5S2. The molecule has 2 aromatic rings. The van der Waals surface area contributed by atoms with E-state index < -0.39 is 10.0 Å². The molecule has 3 rings (SSSR count). The van der Waals surface area contributed by atoms with Crippen LogP contribution in [0.2, 0.25) is 0 Å². The van der Waals surface area contributed by atoms with Crippen molar-refractivity contribution >= 4 is 27.7 Å². The van der Waals surface area contributed by atoms with Gasteiger partial charge < -0.3 is 14.4 Å². The summed E-state index contributed by atoms with van der Waals surface area (Å²) in [6.45, 7) is 1.65. The van der Waals surface area contributed by atoms with Gasteiger partial charge in [-0.3, -0.25) is 4.79 Å². The molecule has 0 aliphatic carbocycles. The fourth-order valence-electron chi connectivity index (χ4n) is 3.45. The number of nitrogens with zero attached hydrogens (tertiary/aromatic N) is 1. The van der Waals surface area contributed by atoms with Crippen LogP contribution in [0.4, 0.5) is 0 Å². The molecule has 0 bridgehead atoms. The fourth-order valence-corrected chi connectivity index (χ4v) is 5.06. The number of hydrogen-bond donors (Lipinski definition) is 1. The minimum atomic E-state index is -3.78. The van der Waals surface area contributed by atoms with E-state index >= 15 is 0 Å². The number of benzene rings is 2. The molecule has 1 N–H and O–H groups in total. The number of piperidine rings is 1. The van der Waals surface area contributed by atoms with Crippen LogP contribution in [0.25, 0.3) is 0 Å². The molecule has 7 nitrogen and oxygen atoms in total. The maximum atomic E-state index is 13.0. The standard InChI is InChI=1S/C22H28N2O5S2/c1-28-19-8-4-5-9-20(19)29-15-12-23-31(26,27)17-10-11-21(30-2)18(16-17)22(25)24-13-6-3-7-14-24/h4-5,8-11,16,23H,3,6-7,12-15H2,1-2H3. The van der Waals surface area contributed by atoms with Crippen LogP contribution in [0.5, 0.6) is 11.5 Å². The van der Waals surface area contributed by atoms with Crippen molar-refractivity contribution < 1.29 is 22.7 Å². The van der Waals surface area contributed by atoms with Crippen LogP contribution >= 0.6 is 11.8 Å². The number of ether oxygens (including phenoxy) is 2. The van der Waals surface area contributed by atoms with Crippen molar-refractivity contribution in [2.75, 3.05) is 39.6 Å². The SMILES string of the molecule is COc1ccccc1OCCNS(=O)(=O)c1ccc(SC)c(C(=O)N2CCCCC2)c1. The zero-order chi connectivity index (χ0) is 22.3. The van der Waals surface area contributed by atoms with E-state index in [1.165, 1.54) is 23.9 Å². The van der Waals surface area contributed by atoms with Gasteiger partial charge in [-0.1, -0.05) is 12.1 Å². The summed E-state index contributed by atoms with van der Waals surface area (Å²) in [6, 6.07) is 11.9. The normalized spacial score (nSPS) is 14.3. The summed E-state index contributed by atoms with van der Waals surface area (Å²) in [4.78, 5) is 15.7. The lowest BCUT2D eigenvalue weighted by atomic mass is 10.1. The number of nitrogens with one attached hydrogen (secondary N) is 1. The molecule has 1 heterocycles. The van der Waals surface area contributed by atoms with Crippen molar-refractivity contribution in [2.24, 2.45) is 0 Å². The number of carbonyl (C=O) groups is 1. The minimum absolute atomic E-state index is 0.0722. The molecule has 0 unspecified atom stereocenters. The third-order valence-corrected chi connectivity index (χ3v) is 7.33. The summed E-state index contributed by atoms with van der Waals surface area (Å²) < 4.78 is 39.0. The lowest BCUT2D eigenvalue weighted by Gasteiger charge is -2.27. The Morgan fingerprint density at radius 3 is 2.48 bits per heavy atom. The summed E-state index contributed by atoms with van der Waals surface area (Å²) in [7, 11) is -2.24. The number of hydrogen-bond acceptors (Lipinski definition) is 6. The summed E-state index contributed by atoms with van der Waals surface area (Å²) >= 11 is 1.44. The van der Waals surface area contributed by atoms with Crippen molar-refractivity contribution in [3.8, 4) is 11.5 Å². The number of para-hydroxylation sites is 2. The first-order valence-electron chi connectivity index (χ1n) is 10.2. The Morgan fingerprint density at radius 2 is 1.81 bits per heavy atom. The molecule has 0 radical (unpaired) electrons. The quantitative estimate of drug-likeness (QED) is 0.452. The van der Waals surface area contributed by atoms with Gasteiger partial charge in [0.05, 0.1) is 17.6 Å². The van der Waals surface area contributed by atoms with Crippen LogP contribution in [0.15, 0.2) is 52.3 Å². The average Bonchev–Trinajstić information content (AvgIpc) is 2.81. The Morgan fingerprint density at radius 1 is 1.10 bits per heavy atom. The van der Waals surface area contributed by atoms with E-state index in [2.05, 4.69) is 4.72 Å². The van der Waals surface area contributed by atoms with Crippen LogP contribution in [-0.4, -0.2) is 58.8 Å². The zero-order valence-corrected chi connectivity index (χ0v) is 19.4.